The van der Waals surface area contributed by atoms with Gasteiger partial charge in [-0.2, -0.15) is 0 Å². The van der Waals surface area contributed by atoms with Crippen LogP contribution in [-0.4, -0.2) is 52.9 Å². The highest BCUT2D eigenvalue weighted by atomic mass is 16.5. The molecule has 0 bridgehead atoms. The van der Waals surface area contributed by atoms with Gasteiger partial charge in [-0.3, -0.25) is 4.79 Å². The molecule has 1 saturated heterocycles. The molecule has 0 atom stereocenters. The molecule has 0 saturated carbocycles. The fourth-order valence-electron chi connectivity index (χ4n) is 2.79. The van der Waals surface area contributed by atoms with Gasteiger partial charge in [0, 0.05) is 31.5 Å². The second kappa shape index (κ2) is 10.8. The van der Waals surface area contributed by atoms with E-state index in [4.69, 9.17) is 25.4 Å². The summed E-state index contributed by atoms with van der Waals surface area (Å²) in [5.74, 6) is 1.12. The summed E-state index contributed by atoms with van der Waals surface area (Å²) < 4.78 is 11.4. The van der Waals surface area contributed by atoms with Crippen molar-refractivity contribution in [3.05, 3.63) is 54.1 Å². The maximum atomic E-state index is 10.8. The molecule has 8 nitrogen and oxygen atoms in total. The fraction of sp³-hybridized carbons (Fsp3) is 0.333. The summed E-state index contributed by atoms with van der Waals surface area (Å²) in [5.41, 5.74) is 5.34. The average Bonchev–Trinajstić information content (AvgIpc) is 2.71. The van der Waals surface area contributed by atoms with Gasteiger partial charge in [0.25, 0.3) is 0 Å². The zero-order chi connectivity index (χ0) is 21.2. The maximum absolute atomic E-state index is 10.8. The number of carbonyl (C=O) groups excluding carboxylic acids is 1. The average molecular weight is 402 g/mol. The van der Waals surface area contributed by atoms with Crippen molar-refractivity contribution in [2.75, 3.05) is 19.7 Å². The Balaban J connectivity index is 0.000000253. The van der Waals surface area contributed by atoms with Gasteiger partial charge in [-0.05, 0) is 43.3 Å². The van der Waals surface area contributed by atoms with Crippen LogP contribution in [0.2, 0.25) is 0 Å². The number of phenols is 1. The molecule has 1 aliphatic heterocycles. The van der Waals surface area contributed by atoms with E-state index in [-0.39, 0.29) is 11.9 Å². The molecular formula is C21H26N2O6. The summed E-state index contributed by atoms with van der Waals surface area (Å²) in [6, 6.07) is 13.4. The number of nitrogens with two attached hydrogens (primary N) is 1. The monoisotopic (exact) mass is 402 g/mol. The molecule has 0 aliphatic carbocycles. The molecule has 1 heterocycles. The Kier molecular flexibility index (Phi) is 8.14. The number of ether oxygens (including phenoxy) is 2. The molecule has 0 spiro atoms. The molecule has 8 heteroatoms. The Bertz CT molecular complexity index is 801. The number of para-hydroxylation sites is 2. The number of piperidine rings is 1. The minimum Gasteiger partial charge on any atom is -0.508 e. The lowest BCUT2D eigenvalue weighted by Crippen LogP contribution is -2.41. The summed E-state index contributed by atoms with van der Waals surface area (Å²) in [4.78, 5) is 22.7. The van der Waals surface area contributed by atoms with Crippen LogP contribution in [0.1, 0.15) is 30.1 Å². The first-order valence-corrected chi connectivity index (χ1v) is 9.36. The van der Waals surface area contributed by atoms with E-state index in [0.717, 1.165) is 11.5 Å². The van der Waals surface area contributed by atoms with E-state index in [0.29, 0.717) is 38.1 Å². The van der Waals surface area contributed by atoms with Crippen LogP contribution in [0.15, 0.2) is 48.5 Å². The predicted molar refractivity (Wildman–Crippen MR) is 107 cm³/mol. The number of nitrogens with zero attached hydrogens (tertiary/aromatic N) is 1. The van der Waals surface area contributed by atoms with Gasteiger partial charge < -0.3 is 30.3 Å². The van der Waals surface area contributed by atoms with Gasteiger partial charge in [-0.25, -0.2) is 4.79 Å². The van der Waals surface area contributed by atoms with Crippen molar-refractivity contribution in [2.45, 2.75) is 25.9 Å². The summed E-state index contributed by atoms with van der Waals surface area (Å²) >= 11 is 0. The molecule has 2 aromatic rings. The maximum Gasteiger partial charge on any atom is 0.407 e. The van der Waals surface area contributed by atoms with Crippen molar-refractivity contribution in [1.82, 2.24) is 4.90 Å². The number of rotatable bonds is 5. The Morgan fingerprint density at radius 2 is 1.66 bits per heavy atom. The van der Waals surface area contributed by atoms with Crippen LogP contribution in [0, 0.1) is 0 Å². The molecule has 0 radical (unpaired) electrons. The third kappa shape index (κ3) is 6.91. The molecule has 29 heavy (non-hydrogen) atoms. The van der Waals surface area contributed by atoms with E-state index in [9.17, 15) is 9.59 Å². The SMILES string of the molecule is CCOc1ccccc1OC1CCN(C(=O)O)CC1.NC(=O)c1ccc(O)cc1. The van der Waals surface area contributed by atoms with Crippen LogP contribution in [-0.2, 0) is 0 Å². The second-order valence-electron chi connectivity index (χ2n) is 6.38. The fourth-order valence-corrected chi connectivity index (χ4v) is 2.79. The number of likely N-dealkylation sites (tertiary alicyclic amines) is 1. The number of hydrogen-bond acceptors (Lipinski definition) is 5. The quantitative estimate of drug-likeness (QED) is 0.706. The number of phenolic OH excluding ortho intramolecular Hbond substituents is 1. The molecule has 2 aromatic carbocycles. The molecule has 0 aromatic heterocycles. The summed E-state index contributed by atoms with van der Waals surface area (Å²) in [5, 5.41) is 17.7. The summed E-state index contributed by atoms with van der Waals surface area (Å²) in [6.07, 6.45) is 0.629. The van der Waals surface area contributed by atoms with Gasteiger partial charge in [0.1, 0.15) is 11.9 Å². The topological polar surface area (TPSA) is 122 Å². The highest BCUT2D eigenvalue weighted by molar-refractivity contribution is 5.92. The van der Waals surface area contributed by atoms with Crippen molar-refractivity contribution in [3.8, 4) is 17.2 Å². The van der Waals surface area contributed by atoms with Crippen molar-refractivity contribution >= 4 is 12.0 Å². The van der Waals surface area contributed by atoms with E-state index in [1.165, 1.54) is 29.2 Å². The highest BCUT2D eigenvalue weighted by Gasteiger charge is 2.24. The molecule has 1 aliphatic rings. The first kappa shape index (κ1) is 21.9. The van der Waals surface area contributed by atoms with Crippen molar-refractivity contribution in [1.29, 1.82) is 0 Å². The number of amides is 2. The number of carbonyl (C=O) groups is 2. The Morgan fingerprint density at radius 1 is 1.07 bits per heavy atom. The van der Waals surface area contributed by atoms with Crippen LogP contribution in [0.25, 0.3) is 0 Å². The Morgan fingerprint density at radius 3 is 2.17 bits per heavy atom. The summed E-state index contributed by atoms with van der Waals surface area (Å²) in [6.45, 7) is 3.58. The minimum absolute atomic E-state index is 0.0530. The molecule has 2 amide bonds. The van der Waals surface area contributed by atoms with Crippen LogP contribution in [0.5, 0.6) is 17.2 Å². The molecule has 4 N–H and O–H groups in total. The highest BCUT2D eigenvalue weighted by Crippen LogP contribution is 2.29. The lowest BCUT2D eigenvalue weighted by atomic mass is 10.1. The third-order valence-electron chi connectivity index (χ3n) is 4.31. The lowest BCUT2D eigenvalue weighted by molar-refractivity contribution is 0.0873. The van der Waals surface area contributed by atoms with E-state index >= 15 is 0 Å². The van der Waals surface area contributed by atoms with E-state index < -0.39 is 12.0 Å². The lowest BCUT2D eigenvalue weighted by Gasteiger charge is -2.30. The van der Waals surface area contributed by atoms with Crippen LogP contribution in [0.3, 0.4) is 0 Å². The second-order valence-corrected chi connectivity index (χ2v) is 6.38. The van der Waals surface area contributed by atoms with Gasteiger partial charge in [0.2, 0.25) is 5.91 Å². The largest absolute Gasteiger partial charge is 0.508 e. The zero-order valence-electron chi connectivity index (χ0n) is 16.3. The zero-order valence-corrected chi connectivity index (χ0v) is 16.3. The van der Waals surface area contributed by atoms with Crippen molar-refractivity contribution in [3.63, 3.8) is 0 Å². The van der Waals surface area contributed by atoms with Crippen LogP contribution in [0.4, 0.5) is 4.79 Å². The number of hydrogen-bond donors (Lipinski definition) is 3. The van der Waals surface area contributed by atoms with Gasteiger partial charge in [-0.15, -0.1) is 0 Å². The molecule has 3 rings (SSSR count). The molecule has 0 unspecified atom stereocenters. The van der Waals surface area contributed by atoms with Gasteiger partial charge in [0.15, 0.2) is 11.5 Å². The smallest absolute Gasteiger partial charge is 0.407 e. The summed E-state index contributed by atoms with van der Waals surface area (Å²) in [7, 11) is 0. The standard InChI is InChI=1S/C14H19NO4.C7H7NO2/c1-2-18-12-5-3-4-6-13(12)19-11-7-9-15(10-8-11)14(16)17;8-7(10)5-1-3-6(9)4-2-5/h3-6,11H,2,7-10H2,1H3,(H,16,17);1-4,9H,(H2,8,10). The van der Waals surface area contributed by atoms with E-state index in [1.807, 2.05) is 31.2 Å². The van der Waals surface area contributed by atoms with Crippen LogP contribution >= 0.6 is 0 Å². The number of aromatic hydroxyl groups is 1. The van der Waals surface area contributed by atoms with Gasteiger partial charge >= 0.3 is 6.09 Å². The Hall–Kier alpha value is -3.42. The number of benzene rings is 2. The predicted octanol–water partition coefficient (Wildman–Crippen LogP) is 3.10. The molecular weight excluding hydrogens is 376 g/mol. The Labute approximate surface area is 169 Å². The van der Waals surface area contributed by atoms with E-state index in [1.54, 1.807) is 0 Å². The first-order chi connectivity index (χ1) is 13.9. The normalized spacial score (nSPS) is 13.8. The van der Waals surface area contributed by atoms with Gasteiger partial charge in [0.05, 0.1) is 6.61 Å². The van der Waals surface area contributed by atoms with Gasteiger partial charge in [-0.1, -0.05) is 12.1 Å². The third-order valence-corrected chi connectivity index (χ3v) is 4.31. The molecule has 1 fully saturated rings. The first-order valence-electron chi connectivity index (χ1n) is 9.36. The molecule has 156 valence electrons. The minimum atomic E-state index is -0.854. The van der Waals surface area contributed by atoms with Crippen LogP contribution < -0.4 is 15.2 Å². The van der Waals surface area contributed by atoms with Crippen molar-refractivity contribution < 1.29 is 29.3 Å². The number of primary amides is 1. The van der Waals surface area contributed by atoms with E-state index in [2.05, 4.69) is 0 Å². The van der Waals surface area contributed by atoms with Crippen molar-refractivity contribution in [2.24, 2.45) is 5.73 Å². The number of carboxylic acid groups (broad SMARTS) is 1.